The van der Waals surface area contributed by atoms with Gasteiger partial charge in [-0.1, -0.05) is 30.3 Å². The normalized spacial score (nSPS) is 16.5. The van der Waals surface area contributed by atoms with Crippen LogP contribution in [0.15, 0.2) is 48.7 Å². The van der Waals surface area contributed by atoms with Gasteiger partial charge in [-0.15, -0.1) is 0 Å². The lowest BCUT2D eigenvalue weighted by molar-refractivity contribution is -0.141. The van der Waals surface area contributed by atoms with Crippen LogP contribution < -0.4 is 5.32 Å². The molecular formula is C17H15F3N2O. The lowest BCUT2D eigenvalue weighted by Gasteiger charge is -2.43. The van der Waals surface area contributed by atoms with E-state index in [-0.39, 0.29) is 5.56 Å². The van der Waals surface area contributed by atoms with Crippen LogP contribution in [-0.4, -0.2) is 10.9 Å². The predicted molar refractivity (Wildman–Crippen MR) is 78.7 cm³/mol. The summed E-state index contributed by atoms with van der Waals surface area (Å²) in [5, 5.41) is 2.96. The Kier molecular flexibility index (Phi) is 3.83. The average molecular weight is 320 g/mol. The Morgan fingerprint density at radius 3 is 2.26 bits per heavy atom. The number of carbonyl (C=O) groups is 1. The van der Waals surface area contributed by atoms with Crippen molar-refractivity contribution in [3.8, 4) is 0 Å². The molecule has 120 valence electrons. The number of pyridine rings is 1. The highest BCUT2D eigenvalue weighted by Gasteiger charge is 2.40. The van der Waals surface area contributed by atoms with Crippen molar-refractivity contribution < 1.29 is 18.0 Å². The molecule has 0 bridgehead atoms. The molecule has 0 saturated heterocycles. The molecule has 0 atom stereocenters. The highest BCUT2D eigenvalue weighted by molar-refractivity contribution is 5.94. The summed E-state index contributed by atoms with van der Waals surface area (Å²) in [6.07, 6.45) is -0.905. The number of hydrogen-bond donors (Lipinski definition) is 1. The highest BCUT2D eigenvalue weighted by Crippen LogP contribution is 2.41. The fourth-order valence-electron chi connectivity index (χ4n) is 2.76. The zero-order valence-electron chi connectivity index (χ0n) is 12.2. The number of nitrogens with zero attached hydrogens (tertiary/aromatic N) is 1. The van der Waals surface area contributed by atoms with Gasteiger partial charge in [0.1, 0.15) is 5.69 Å². The number of alkyl halides is 3. The lowest BCUT2D eigenvalue weighted by Crippen LogP contribution is -2.50. The van der Waals surface area contributed by atoms with Crippen molar-refractivity contribution in [1.29, 1.82) is 0 Å². The summed E-state index contributed by atoms with van der Waals surface area (Å²) >= 11 is 0. The highest BCUT2D eigenvalue weighted by atomic mass is 19.4. The van der Waals surface area contributed by atoms with Crippen molar-refractivity contribution in [2.24, 2.45) is 0 Å². The second-order valence-electron chi connectivity index (χ2n) is 5.69. The smallest absolute Gasteiger partial charge is 0.342 e. The summed E-state index contributed by atoms with van der Waals surface area (Å²) in [6.45, 7) is 0. The molecule has 23 heavy (non-hydrogen) atoms. The zero-order valence-corrected chi connectivity index (χ0v) is 12.2. The van der Waals surface area contributed by atoms with Crippen molar-refractivity contribution in [3.63, 3.8) is 0 Å². The Hall–Kier alpha value is -2.37. The van der Waals surface area contributed by atoms with Gasteiger partial charge in [0, 0.05) is 6.20 Å². The van der Waals surface area contributed by atoms with Crippen LogP contribution in [0.25, 0.3) is 0 Å². The van der Waals surface area contributed by atoms with Gasteiger partial charge in [-0.05, 0) is 37.0 Å². The molecular weight excluding hydrogens is 305 g/mol. The Morgan fingerprint density at radius 2 is 1.78 bits per heavy atom. The molecule has 0 unspecified atom stereocenters. The van der Waals surface area contributed by atoms with E-state index >= 15 is 0 Å². The first-order valence-electron chi connectivity index (χ1n) is 7.32. The number of benzene rings is 1. The maximum atomic E-state index is 12.5. The summed E-state index contributed by atoms with van der Waals surface area (Å²) in [6, 6.07) is 11.6. The summed E-state index contributed by atoms with van der Waals surface area (Å²) in [7, 11) is 0. The number of amides is 1. The number of halogens is 3. The first-order valence-corrected chi connectivity index (χ1v) is 7.32. The maximum Gasteiger partial charge on any atom is 0.433 e. The SMILES string of the molecule is O=C(NC1(c2ccccc2)CCC1)c1ccc(C(F)(F)F)nc1. The molecule has 1 aromatic heterocycles. The molecule has 0 aliphatic heterocycles. The maximum absolute atomic E-state index is 12.5. The zero-order chi connectivity index (χ0) is 16.5. The molecule has 1 fully saturated rings. The molecule has 1 saturated carbocycles. The van der Waals surface area contributed by atoms with E-state index in [4.69, 9.17) is 0 Å². The lowest BCUT2D eigenvalue weighted by atomic mass is 9.71. The van der Waals surface area contributed by atoms with Gasteiger partial charge in [0.15, 0.2) is 0 Å². The molecule has 1 aromatic carbocycles. The van der Waals surface area contributed by atoms with Crippen LogP contribution in [0.5, 0.6) is 0 Å². The average Bonchev–Trinajstić information content (AvgIpc) is 2.51. The number of rotatable bonds is 3. The Morgan fingerprint density at radius 1 is 1.09 bits per heavy atom. The third-order valence-corrected chi connectivity index (χ3v) is 4.20. The van der Waals surface area contributed by atoms with Crippen LogP contribution in [-0.2, 0) is 11.7 Å². The topological polar surface area (TPSA) is 42.0 Å². The summed E-state index contributed by atoms with van der Waals surface area (Å²) in [5.74, 6) is -0.408. The second kappa shape index (κ2) is 5.68. The van der Waals surface area contributed by atoms with Crippen molar-refractivity contribution >= 4 is 5.91 Å². The van der Waals surface area contributed by atoms with Gasteiger partial charge in [-0.3, -0.25) is 9.78 Å². The molecule has 6 heteroatoms. The second-order valence-corrected chi connectivity index (χ2v) is 5.69. The van der Waals surface area contributed by atoms with Gasteiger partial charge in [0.05, 0.1) is 11.1 Å². The van der Waals surface area contributed by atoms with Gasteiger partial charge in [0.25, 0.3) is 5.91 Å². The number of nitrogens with one attached hydrogen (secondary N) is 1. The molecule has 1 amide bonds. The fourth-order valence-corrected chi connectivity index (χ4v) is 2.76. The van der Waals surface area contributed by atoms with Crippen molar-refractivity contribution in [3.05, 3.63) is 65.5 Å². The van der Waals surface area contributed by atoms with Crippen LogP contribution in [0.4, 0.5) is 13.2 Å². The van der Waals surface area contributed by atoms with E-state index in [1.54, 1.807) is 0 Å². The molecule has 1 aliphatic carbocycles. The van der Waals surface area contributed by atoms with Crippen molar-refractivity contribution in [2.75, 3.05) is 0 Å². The van der Waals surface area contributed by atoms with Gasteiger partial charge in [0.2, 0.25) is 0 Å². The summed E-state index contributed by atoms with van der Waals surface area (Å²) in [5.41, 5.74) is -0.295. The van der Waals surface area contributed by atoms with Crippen LogP contribution in [0, 0.1) is 0 Å². The van der Waals surface area contributed by atoms with Crippen LogP contribution >= 0.6 is 0 Å². The first-order chi connectivity index (χ1) is 10.9. The molecule has 3 nitrogen and oxygen atoms in total. The van der Waals surface area contributed by atoms with E-state index < -0.39 is 23.3 Å². The minimum Gasteiger partial charge on any atom is -0.342 e. The van der Waals surface area contributed by atoms with Crippen molar-refractivity contribution in [2.45, 2.75) is 31.0 Å². The third-order valence-electron chi connectivity index (χ3n) is 4.20. The molecule has 3 rings (SSSR count). The van der Waals surface area contributed by atoms with Gasteiger partial charge >= 0.3 is 6.18 Å². The largest absolute Gasteiger partial charge is 0.433 e. The number of aromatic nitrogens is 1. The monoisotopic (exact) mass is 320 g/mol. The Bertz CT molecular complexity index is 692. The third kappa shape index (κ3) is 3.06. The fraction of sp³-hybridized carbons (Fsp3) is 0.294. The number of carbonyl (C=O) groups excluding carboxylic acids is 1. The van der Waals surface area contributed by atoms with E-state index in [1.165, 1.54) is 0 Å². The van der Waals surface area contributed by atoms with Crippen LogP contribution in [0.2, 0.25) is 0 Å². The molecule has 0 spiro atoms. The quantitative estimate of drug-likeness (QED) is 0.931. The van der Waals surface area contributed by atoms with Gasteiger partial charge in [-0.25, -0.2) is 0 Å². The molecule has 1 aliphatic rings. The summed E-state index contributed by atoms with van der Waals surface area (Å²) < 4.78 is 37.5. The molecule has 1 N–H and O–H groups in total. The predicted octanol–water partition coefficient (Wildman–Crippen LogP) is 3.91. The Labute approximate surface area is 131 Å². The van der Waals surface area contributed by atoms with Crippen LogP contribution in [0.1, 0.15) is 40.9 Å². The number of hydrogen-bond acceptors (Lipinski definition) is 2. The van der Waals surface area contributed by atoms with Gasteiger partial charge < -0.3 is 5.32 Å². The van der Waals surface area contributed by atoms with Crippen LogP contribution in [0.3, 0.4) is 0 Å². The Balaban J connectivity index is 1.78. The molecule has 1 heterocycles. The van der Waals surface area contributed by atoms with E-state index in [9.17, 15) is 18.0 Å². The standard InChI is InChI=1S/C17H15F3N2O/c18-17(19,20)14-8-7-12(11-21-14)15(23)22-16(9-4-10-16)13-5-2-1-3-6-13/h1-3,5-8,11H,4,9-10H2,(H,22,23). The van der Waals surface area contributed by atoms with E-state index in [2.05, 4.69) is 10.3 Å². The molecule has 2 aromatic rings. The first kappa shape index (κ1) is 15.5. The molecule has 0 radical (unpaired) electrons. The minimum absolute atomic E-state index is 0.125. The van der Waals surface area contributed by atoms with Crippen molar-refractivity contribution in [1.82, 2.24) is 10.3 Å². The minimum atomic E-state index is -4.51. The van der Waals surface area contributed by atoms with Gasteiger partial charge in [-0.2, -0.15) is 13.2 Å². The summed E-state index contributed by atoms with van der Waals surface area (Å²) in [4.78, 5) is 15.7. The van der Waals surface area contributed by atoms with E-state index in [1.807, 2.05) is 30.3 Å². The van der Waals surface area contributed by atoms with E-state index in [0.29, 0.717) is 0 Å². The van der Waals surface area contributed by atoms with E-state index in [0.717, 1.165) is 43.2 Å².